The molecule has 94 valence electrons. The first kappa shape index (κ1) is 13.5. The van der Waals surface area contributed by atoms with Crippen molar-refractivity contribution in [1.82, 2.24) is 10.2 Å². The summed E-state index contributed by atoms with van der Waals surface area (Å²) in [6, 6.07) is 0.347. The minimum atomic E-state index is 0.180. The van der Waals surface area contributed by atoms with Gasteiger partial charge in [0.25, 0.3) is 0 Å². The van der Waals surface area contributed by atoms with Gasteiger partial charge in [0, 0.05) is 19.6 Å². The second kappa shape index (κ2) is 5.67. The molecule has 0 aromatic rings. The van der Waals surface area contributed by atoms with E-state index >= 15 is 0 Å². The molecule has 3 atom stereocenters. The Kier molecular flexibility index (Phi) is 4.78. The Bertz CT molecular complexity index is 240. The molecular formula is C13H26N2O. The monoisotopic (exact) mass is 226 g/mol. The van der Waals surface area contributed by atoms with Gasteiger partial charge in [-0.15, -0.1) is 0 Å². The van der Waals surface area contributed by atoms with Crippen molar-refractivity contribution < 1.29 is 4.79 Å². The lowest BCUT2D eigenvalue weighted by Crippen LogP contribution is -2.41. The fourth-order valence-corrected chi connectivity index (χ4v) is 2.46. The first-order valence-electron chi connectivity index (χ1n) is 6.40. The molecule has 16 heavy (non-hydrogen) atoms. The average Bonchev–Trinajstić information content (AvgIpc) is 2.61. The van der Waals surface area contributed by atoms with Crippen LogP contribution in [0.25, 0.3) is 0 Å². The molecule has 1 aliphatic rings. The van der Waals surface area contributed by atoms with Crippen LogP contribution in [0, 0.1) is 17.8 Å². The van der Waals surface area contributed by atoms with Crippen LogP contribution in [0.5, 0.6) is 0 Å². The molecule has 1 fully saturated rings. The molecule has 1 rings (SSSR count). The van der Waals surface area contributed by atoms with Crippen molar-refractivity contribution in [2.24, 2.45) is 17.8 Å². The topological polar surface area (TPSA) is 32.3 Å². The molecule has 0 aliphatic carbocycles. The van der Waals surface area contributed by atoms with Crippen molar-refractivity contribution in [3.8, 4) is 0 Å². The highest BCUT2D eigenvalue weighted by Crippen LogP contribution is 2.20. The van der Waals surface area contributed by atoms with Crippen LogP contribution in [0.4, 0.5) is 0 Å². The zero-order valence-corrected chi connectivity index (χ0v) is 11.3. The molecule has 1 aliphatic heterocycles. The van der Waals surface area contributed by atoms with E-state index in [0.717, 1.165) is 19.5 Å². The maximum absolute atomic E-state index is 12.3. The number of carbonyl (C=O) groups is 1. The fourth-order valence-electron chi connectivity index (χ4n) is 2.46. The Balaban J connectivity index is 2.52. The van der Waals surface area contributed by atoms with Crippen LogP contribution in [0.15, 0.2) is 0 Å². The lowest BCUT2D eigenvalue weighted by molar-refractivity contribution is -0.136. The van der Waals surface area contributed by atoms with Crippen LogP contribution >= 0.6 is 0 Å². The summed E-state index contributed by atoms with van der Waals surface area (Å²) in [5.74, 6) is 1.61. The summed E-state index contributed by atoms with van der Waals surface area (Å²) in [6.07, 6.45) is 1.08. The van der Waals surface area contributed by atoms with E-state index in [-0.39, 0.29) is 5.92 Å². The lowest BCUT2D eigenvalue weighted by Gasteiger charge is -2.29. The van der Waals surface area contributed by atoms with Crippen LogP contribution < -0.4 is 5.32 Å². The van der Waals surface area contributed by atoms with Gasteiger partial charge in [0.2, 0.25) is 5.91 Å². The minimum absolute atomic E-state index is 0.180. The summed E-state index contributed by atoms with van der Waals surface area (Å²) >= 11 is 0. The first-order chi connectivity index (χ1) is 7.43. The molecule has 1 heterocycles. The molecule has 0 radical (unpaired) electrons. The van der Waals surface area contributed by atoms with Gasteiger partial charge in [-0.25, -0.2) is 0 Å². The molecule has 3 heteroatoms. The van der Waals surface area contributed by atoms with E-state index in [2.05, 4.69) is 33.0 Å². The number of nitrogens with zero attached hydrogens (tertiary/aromatic N) is 1. The van der Waals surface area contributed by atoms with Crippen molar-refractivity contribution >= 4 is 5.91 Å². The third-order valence-electron chi connectivity index (χ3n) is 3.66. The summed E-state index contributed by atoms with van der Waals surface area (Å²) in [5, 5.41) is 3.29. The van der Waals surface area contributed by atoms with E-state index in [0.29, 0.717) is 23.8 Å². The van der Waals surface area contributed by atoms with Crippen LogP contribution in [0.3, 0.4) is 0 Å². The molecule has 0 bridgehead atoms. The molecule has 3 nitrogen and oxygen atoms in total. The molecule has 1 saturated heterocycles. The maximum atomic E-state index is 12.3. The zero-order valence-electron chi connectivity index (χ0n) is 11.3. The third kappa shape index (κ3) is 3.21. The Morgan fingerprint density at radius 3 is 2.44 bits per heavy atom. The molecule has 0 spiro atoms. The normalized spacial score (nSPS) is 27.1. The van der Waals surface area contributed by atoms with Crippen molar-refractivity contribution in [1.29, 1.82) is 0 Å². The largest absolute Gasteiger partial charge is 0.343 e. The van der Waals surface area contributed by atoms with E-state index in [4.69, 9.17) is 0 Å². The molecule has 0 aromatic heterocycles. The van der Waals surface area contributed by atoms with Gasteiger partial charge in [0.1, 0.15) is 0 Å². The molecular weight excluding hydrogens is 200 g/mol. The van der Waals surface area contributed by atoms with Gasteiger partial charge in [-0.3, -0.25) is 4.79 Å². The standard InChI is InChI=1S/C13H26N2O/c1-9(2)6-11(4)15(5)13(16)12-8-14-7-10(12)3/h9-12,14H,6-8H2,1-5H3. The van der Waals surface area contributed by atoms with E-state index in [1.807, 2.05) is 11.9 Å². The lowest BCUT2D eigenvalue weighted by atomic mass is 9.95. The molecule has 0 saturated carbocycles. The van der Waals surface area contributed by atoms with E-state index in [1.54, 1.807) is 0 Å². The average molecular weight is 226 g/mol. The summed E-state index contributed by atoms with van der Waals surface area (Å²) in [5.41, 5.74) is 0. The molecule has 3 unspecified atom stereocenters. The first-order valence-corrected chi connectivity index (χ1v) is 6.40. The number of hydrogen-bond acceptors (Lipinski definition) is 2. The predicted octanol–water partition coefficient (Wildman–Crippen LogP) is 1.73. The van der Waals surface area contributed by atoms with Gasteiger partial charge in [0.15, 0.2) is 0 Å². The predicted molar refractivity (Wildman–Crippen MR) is 67.2 cm³/mol. The molecule has 1 N–H and O–H groups in total. The minimum Gasteiger partial charge on any atom is -0.343 e. The van der Waals surface area contributed by atoms with Crippen molar-refractivity contribution in [2.75, 3.05) is 20.1 Å². The third-order valence-corrected chi connectivity index (χ3v) is 3.66. The van der Waals surface area contributed by atoms with Crippen LogP contribution in [-0.4, -0.2) is 37.0 Å². The van der Waals surface area contributed by atoms with Gasteiger partial charge in [-0.05, 0) is 31.7 Å². The Labute approximate surface area is 99.6 Å². The van der Waals surface area contributed by atoms with Crippen molar-refractivity contribution in [3.63, 3.8) is 0 Å². The van der Waals surface area contributed by atoms with Gasteiger partial charge in [0.05, 0.1) is 5.92 Å². The quantitative estimate of drug-likeness (QED) is 0.792. The number of carbonyl (C=O) groups excluding carboxylic acids is 1. The van der Waals surface area contributed by atoms with Gasteiger partial charge in [-0.2, -0.15) is 0 Å². The van der Waals surface area contributed by atoms with Gasteiger partial charge >= 0.3 is 0 Å². The molecule has 1 amide bonds. The zero-order chi connectivity index (χ0) is 12.3. The summed E-state index contributed by atoms with van der Waals surface area (Å²) < 4.78 is 0. The maximum Gasteiger partial charge on any atom is 0.227 e. The van der Waals surface area contributed by atoms with Crippen LogP contribution in [-0.2, 0) is 4.79 Å². The number of rotatable bonds is 4. The second-order valence-corrected chi connectivity index (χ2v) is 5.67. The summed E-state index contributed by atoms with van der Waals surface area (Å²) in [4.78, 5) is 14.2. The Morgan fingerprint density at radius 2 is 2.00 bits per heavy atom. The highest BCUT2D eigenvalue weighted by molar-refractivity contribution is 5.79. The molecule has 0 aromatic carbocycles. The second-order valence-electron chi connectivity index (χ2n) is 5.67. The van der Waals surface area contributed by atoms with Crippen LogP contribution in [0.2, 0.25) is 0 Å². The highest BCUT2D eigenvalue weighted by atomic mass is 16.2. The number of hydrogen-bond donors (Lipinski definition) is 1. The fraction of sp³-hybridized carbons (Fsp3) is 0.923. The SMILES string of the molecule is CC(C)CC(C)N(C)C(=O)C1CNCC1C. The highest BCUT2D eigenvalue weighted by Gasteiger charge is 2.32. The number of amides is 1. The summed E-state index contributed by atoms with van der Waals surface area (Å²) in [6.45, 7) is 10.5. The smallest absolute Gasteiger partial charge is 0.227 e. The van der Waals surface area contributed by atoms with Gasteiger partial charge in [-0.1, -0.05) is 20.8 Å². The van der Waals surface area contributed by atoms with E-state index in [9.17, 15) is 4.79 Å². The van der Waals surface area contributed by atoms with E-state index in [1.165, 1.54) is 0 Å². The summed E-state index contributed by atoms with van der Waals surface area (Å²) in [7, 11) is 1.94. The van der Waals surface area contributed by atoms with Gasteiger partial charge < -0.3 is 10.2 Å². The Hall–Kier alpha value is -0.570. The van der Waals surface area contributed by atoms with E-state index < -0.39 is 0 Å². The number of nitrogens with one attached hydrogen (secondary N) is 1. The van der Waals surface area contributed by atoms with Crippen molar-refractivity contribution in [3.05, 3.63) is 0 Å². The van der Waals surface area contributed by atoms with Crippen LogP contribution in [0.1, 0.15) is 34.1 Å². The Morgan fingerprint density at radius 1 is 1.38 bits per heavy atom. The van der Waals surface area contributed by atoms with Crippen molar-refractivity contribution in [2.45, 2.75) is 40.2 Å².